The van der Waals surface area contributed by atoms with Gasteiger partial charge in [-0.2, -0.15) is 0 Å². The van der Waals surface area contributed by atoms with Crippen molar-refractivity contribution in [3.8, 4) is 11.5 Å². The van der Waals surface area contributed by atoms with Gasteiger partial charge in [0.15, 0.2) is 0 Å². The molecule has 0 radical (unpaired) electrons. The monoisotopic (exact) mass is 360 g/mol. The van der Waals surface area contributed by atoms with Crippen LogP contribution in [0.25, 0.3) is 0 Å². The van der Waals surface area contributed by atoms with Gasteiger partial charge in [-0.3, -0.25) is 0 Å². The molecule has 0 amide bonds. The van der Waals surface area contributed by atoms with Gasteiger partial charge >= 0.3 is 0 Å². The SMILES string of the molecule is O[C@@H](CNCCNC[C@H](O)COc1ccccc1)COc1ccccc1. The third-order valence-electron chi connectivity index (χ3n) is 3.61. The van der Waals surface area contributed by atoms with Gasteiger partial charge in [0.05, 0.1) is 0 Å². The first-order chi connectivity index (χ1) is 12.7. The lowest BCUT2D eigenvalue weighted by atomic mass is 10.3. The Labute approximate surface area is 154 Å². The Bertz CT molecular complexity index is 529. The highest BCUT2D eigenvalue weighted by atomic mass is 16.5. The summed E-state index contributed by atoms with van der Waals surface area (Å²) in [5.41, 5.74) is 0. The molecule has 0 fully saturated rings. The maximum atomic E-state index is 9.87. The fourth-order valence-electron chi connectivity index (χ4n) is 2.25. The molecule has 0 heterocycles. The predicted molar refractivity (Wildman–Crippen MR) is 102 cm³/mol. The Morgan fingerprint density at radius 3 is 1.42 bits per heavy atom. The van der Waals surface area contributed by atoms with Crippen molar-refractivity contribution in [3.05, 3.63) is 60.7 Å². The van der Waals surface area contributed by atoms with E-state index >= 15 is 0 Å². The van der Waals surface area contributed by atoms with Crippen molar-refractivity contribution in [1.29, 1.82) is 0 Å². The highest BCUT2D eigenvalue weighted by molar-refractivity contribution is 5.21. The summed E-state index contributed by atoms with van der Waals surface area (Å²) in [5.74, 6) is 1.50. The second kappa shape index (κ2) is 12.3. The van der Waals surface area contributed by atoms with Gasteiger partial charge in [0.1, 0.15) is 36.9 Å². The minimum atomic E-state index is -0.569. The topological polar surface area (TPSA) is 83.0 Å². The zero-order chi connectivity index (χ0) is 18.5. The quantitative estimate of drug-likeness (QED) is 0.400. The summed E-state index contributed by atoms with van der Waals surface area (Å²) in [4.78, 5) is 0. The van der Waals surface area contributed by atoms with Crippen LogP contribution in [0.5, 0.6) is 11.5 Å². The first-order valence-electron chi connectivity index (χ1n) is 8.87. The summed E-state index contributed by atoms with van der Waals surface area (Å²) >= 11 is 0. The van der Waals surface area contributed by atoms with E-state index in [2.05, 4.69) is 10.6 Å². The third kappa shape index (κ3) is 8.82. The number of rotatable bonds is 13. The van der Waals surface area contributed by atoms with Gasteiger partial charge in [-0.1, -0.05) is 36.4 Å². The molecule has 0 unspecified atom stereocenters. The molecule has 2 atom stereocenters. The number of nitrogens with one attached hydrogen (secondary N) is 2. The summed E-state index contributed by atoms with van der Waals surface area (Å²) in [7, 11) is 0. The Kier molecular flexibility index (Phi) is 9.53. The molecule has 6 nitrogen and oxygen atoms in total. The lowest BCUT2D eigenvalue weighted by Crippen LogP contribution is -2.38. The fourth-order valence-corrected chi connectivity index (χ4v) is 2.25. The van der Waals surface area contributed by atoms with E-state index in [4.69, 9.17) is 9.47 Å². The zero-order valence-electron chi connectivity index (χ0n) is 14.9. The molecule has 0 bridgehead atoms. The average Bonchev–Trinajstić information content (AvgIpc) is 2.69. The Hall–Kier alpha value is -2.12. The molecule has 0 saturated heterocycles. The van der Waals surface area contributed by atoms with Gasteiger partial charge in [0.25, 0.3) is 0 Å². The van der Waals surface area contributed by atoms with Crippen molar-refractivity contribution in [2.45, 2.75) is 12.2 Å². The van der Waals surface area contributed by atoms with E-state index in [0.717, 1.165) is 11.5 Å². The molecule has 2 aromatic carbocycles. The Morgan fingerprint density at radius 2 is 1.04 bits per heavy atom. The summed E-state index contributed by atoms with van der Waals surface area (Å²) in [6, 6.07) is 18.8. The van der Waals surface area contributed by atoms with Crippen molar-refractivity contribution in [3.63, 3.8) is 0 Å². The molecule has 0 aromatic heterocycles. The smallest absolute Gasteiger partial charge is 0.119 e. The maximum absolute atomic E-state index is 9.87. The molecule has 0 saturated carbocycles. The van der Waals surface area contributed by atoms with Crippen molar-refractivity contribution in [1.82, 2.24) is 10.6 Å². The van der Waals surface area contributed by atoms with Crippen LogP contribution in [0.2, 0.25) is 0 Å². The van der Waals surface area contributed by atoms with Gasteiger partial charge in [-0.25, -0.2) is 0 Å². The van der Waals surface area contributed by atoms with E-state index in [1.165, 1.54) is 0 Å². The van der Waals surface area contributed by atoms with E-state index in [0.29, 0.717) is 26.2 Å². The van der Waals surface area contributed by atoms with Crippen LogP contribution in [0.4, 0.5) is 0 Å². The van der Waals surface area contributed by atoms with Crippen LogP contribution in [-0.4, -0.2) is 61.8 Å². The number of hydrogen-bond donors (Lipinski definition) is 4. The van der Waals surface area contributed by atoms with E-state index in [-0.39, 0.29) is 13.2 Å². The molecule has 0 spiro atoms. The van der Waals surface area contributed by atoms with Crippen molar-refractivity contribution < 1.29 is 19.7 Å². The van der Waals surface area contributed by atoms with Crippen molar-refractivity contribution in [2.75, 3.05) is 39.4 Å². The van der Waals surface area contributed by atoms with Gasteiger partial charge in [0, 0.05) is 26.2 Å². The Morgan fingerprint density at radius 1 is 0.654 bits per heavy atom. The van der Waals surface area contributed by atoms with Crippen molar-refractivity contribution >= 4 is 0 Å². The van der Waals surface area contributed by atoms with Crippen LogP contribution in [0, 0.1) is 0 Å². The minimum absolute atomic E-state index is 0.250. The molecule has 26 heavy (non-hydrogen) atoms. The highest BCUT2D eigenvalue weighted by Gasteiger charge is 2.06. The molecule has 2 aromatic rings. The molecule has 0 aliphatic heterocycles. The van der Waals surface area contributed by atoms with Gasteiger partial charge < -0.3 is 30.3 Å². The predicted octanol–water partition coefficient (Wildman–Crippen LogP) is 1.05. The van der Waals surface area contributed by atoms with E-state index < -0.39 is 12.2 Å². The summed E-state index contributed by atoms with van der Waals surface area (Å²) in [5, 5.41) is 26.0. The molecular weight excluding hydrogens is 332 g/mol. The lowest BCUT2D eigenvalue weighted by molar-refractivity contribution is 0.103. The minimum Gasteiger partial charge on any atom is -0.491 e. The summed E-state index contributed by atoms with van der Waals surface area (Å²) < 4.78 is 11.0. The van der Waals surface area contributed by atoms with Crippen LogP contribution in [0.3, 0.4) is 0 Å². The largest absolute Gasteiger partial charge is 0.491 e. The van der Waals surface area contributed by atoms with Crippen LogP contribution in [-0.2, 0) is 0 Å². The maximum Gasteiger partial charge on any atom is 0.119 e. The van der Waals surface area contributed by atoms with Crippen LogP contribution in [0.15, 0.2) is 60.7 Å². The number of benzene rings is 2. The molecular formula is C20H28N2O4. The van der Waals surface area contributed by atoms with Gasteiger partial charge in [0.2, 0.25) is 0 Å². The van der Waals surface area contributed by atoms with E-state index in [1.54, 1.807) is 0 Å². The number of aliphatic hydroxyl groups excluding tert-OH is 2. The number of aliphatic hydroxyl groups is 2. The first kappa shape index (κ1) is 20.2. The molecule has 2 rings (SSSR count). The van der Waals surface area contributed by atoms with E-state index in [1.807, 2.05) is 60.7 Å². The fraction of sp³-hybridized carbons (Fsp3) is 0.400. The third-order valence-corrected chi connectivity index (χ3v) is 3.61. The van der Waals surface area contributed by atoms with E-state index in [9.17, 15) is 10.2 Å². The highest BCUT2D eigenvalue weighted by Crippen LogP contribution is 2.09. The number of para-hydroxylation sites is 2. The van der Waals surface area contributed by atoms with Crippen LogP contribution < -0.4 is 20.1 Å². The molecule has 6 heteroatoms. The van der Waals surface area contributed by atoms with Gasteiger partial charge in [-0.15, -0.1) is 0 Å². The second-order valence-corrected chi connectivity index (χ2v) is 5.96. The second-order valence-electron chi connectivity index (χ2n) is 5.96. The normalized spacial score (nSPS) is 13.2. The van der Waals surface area contributed by atoms with Crippen molar-refractivity contribution in [2.24, 2.45) is 0 Å². The molecule has 142 valence electrons. The van der Waals surface area contributed by atoms with Gasteiger partial charge in [-0.05, 0) is 24.3 Å². The Balaban J connectivity index is 1.43. The lowest BCUT2D eigenvalue weighted by Gasteiger charge is -2.15. The molecule has 0 aliphatic rings. The average molecular weight is 360 g/mol. The summed E-state index contributed by atoms with van der Waals surface area (Å²) in [6.07, 6.45) is -1.14. The number of ether oxygens (including phenoxy) is 2. The molecule has 0 aliphatic carbocycles. The first-order valence-corrected chi connectivity index (χ1v) is 8.87. The standard InChI is InChI=1S/C20H28N2O4/c23-17(15-25-19-7-3-1-4-8-19)13-21-11-12-22-14-18(24)16-26-20-9-5-2-6-10-20/h1-10,17-18,21-24H,11-16H2/t17-,18-/m0/s1. The van der Waals surface area contributed by atoms with Crippen LogP contribution >= 0.6 is 0 Å². The zero-order valence-corrected chi connectivity index (χ0v) is 14.9. The number of hydrogen-bond acceptors (Lipinski definition) is 6. The summed E-state index contributed by atoms with van der Waals surface area (Å²) in [6.45, 7) is 2.78. The van der Waals surface area contributed by atoms with Crippen LogP contribution in [0.1, 0.15) is 0 Å². The molecule has 4 N–H and O–H groups in total.